The van der Waals surface area contributed by atoms with Crippen LogP contribution in [0.1, 0.15) is 53.3 Å². The highest BCUT2D eigenvalue weighted by Gasteiger charge is 2.27. The van der Waals surface area contributed by atoms with Crippen molar-refractivity contribution in [2.75, 3.05) is 31.7 Å². The summed E-state index contributed by atoms with van der Waals surface area (Å²) in [6, 6.07) is 0. The molecule has 160 valence electrons. The molecule has 0 aliphatic carbocycles. The van der Waals surface area contributed by atoms with Crippen molar-refractivity contribution in [2.24, 2.45) is 0 Å². The van der Waals surface area contributed by atoms with Crippen LogP contribution in [0.2, 0.25) is 0 Å². The zero-order chi connectivity index (χ0) is 22.0. The molecule has 1 heterocycles. The van der Waals surface area contributed by atoms with Crippen molar-refractivity contribution in [1.82, 2.24) is 0 Å². The van der Waals surface area contributed by atoms with Crippen molar-refractivity contribution >= 4 is 40.2 Å². The minimum atomic E-state index is -0.880. The first kappa shape index (κ1) is 24.2. The second kappa shape index (κ2) is 11.8. The van der Waals surface area contributed by atoms with E-state index in [1.165, 1.54) is 0 Å². The Morgan fingerprint density at radius 2 is 1.31 bits per heavy atom. The number of esters is 4. The number of ether oxygens (including phenoxy) is 4. The fourth-order valence-electron chi connectivity index (χ4n) is 2.21. The lowest BCUT2D eigenvalue weighted by molar-refractivity contribution is -0.146. The van der Waals surface area contributed by atoms with E-state index in [1.807, 2.05) is 0 Å². The maximum absolute atomic E-state index is 12.4. The van der Waals surface area contributed by atoms with E-state index in [0.717, 1.165) is 17.5 Å². The van der Waals surface area contributed by atoms with Gasteiger partial charge in [0.25, 0.3) is 0 Å². The molecule has 0 saturated carbocycles. The van der Waals surface area contributed by atoms with Gasteiger partial charge in [-0.3, -0.25) is 0 Å². The molecule has 0 aliphatic heterocycles. The Bertz CT molecular complexity index is 776. The maximum Gasteiger partial charge on any atom is 0.348 e. The average molecular weight is 427 g/mol. The van der Waals surface area contributed by atoms with Crippen LogP contribution in [-0.4, -0.2) is 50.3 Å². The van der Waals surface area contributed by atoms with Gasteiger partial charge in [-0.15, -0.1) is 11.3 Å². The van der Waals surface area contributed by atoms with Crippen LogP contribution >= 0.6 is 11.3 Å². The summed E-state index contributed by atoms with van der Waals surface area (Å²) in [6.07, 6.45) is 1.08. The first-order chi connectivity index (χ1) is 13.8. The number of carbonyl (C=O) groups excluding carboxylic acids is 4. The van der Waals surface area contributed by atoms with Crippen LogP contribution in [0.4, 0.5) is 5.00 Å². The van der Waals surface area contributed by atoms with Crippen molar-refractivity contribution < 1.29 is 38.1 Å². The molecule has 1 aromatic rings. The van der Waals surface area contributed by atoms with Gasteiger partial charge in [-0.2, -0.15) is 0 Å². The van der Waals surface area contributed by atoms with E-state index < -0.39 is 23.9 Å². The van der Waals surface area contributed by atoms with Gasteiger partial charge in [0.15, 0.2) is 5.57 Å². The first-order valence-corrected chi connectivity index (χ1v) is 9.92. The quantitative estimate of drug-likeness (QED) is 0.198. The molecule has 0 radical (unpaired) electrons. The summed E-state index contributed by atoms with van der Waals surface area (Å²) < 4.78 is 19.8. The minimum absolute atomic E-state index is 0.0643. The van der Waals surface area contributed by atoms with Gasteiger partial charge in [0.1, 0.15) is 9.88 Å². The van der Waals surface area contributed by atoms with Crippen molar-refractivity contribution in [3.63, 3.8) is 0 Å². The van der Waals surface area contributed by atoms with E-state index in [0.29, 0.717) is 5.56 Å². The summed E-state index contributed by atoms with van der Waals surface area (Å²) in [5.41, 5.74) is 0.104. The normalized spacial score (nSPS) is 9.97. The second-order valence-electron chi connectivity index (χ2n) is 5.34. The van der Waals surface area contributed by atoms with Gasteiger partial charge in [-0.05, 0) is 40.2 Å². The lowest BCUT2D eigenvalue weighted by Crippen LogP contribution is -2.19. The van der Waals surface area contributed by atoms with E-state index in [2.05, 4.69) is 5.32 Å². The highest BCUT2D eigenvalue weighted by Crippen LogP contribution is 2.34. The lowest BCUT2D eigenvalue weighted by atomic mass is 10.1. The summed E-state index contributed by atoms with van der Waals surface area (Å²) in [4.78, 5) is 48.9. The Hall–Kier alpha value is -2.88. The Labute approximate surface area is 173 Å². The van der Waals surface area contributed by atoms with Crippen LogP contribution < -0.4 is 5.32 Å². The predicted octanol–water partition coefficient (Wildman–Crippen LogP) is 2.83. The third-order valence-electron chi connectivity index (χ3n) is 3.43. The summed E-state index contributed by atoms with van der Waals surface area (Å²) in [5.74, 6) is -3.00. The number of thiophene rings is 1. The average Bonchev–Trinajstić information content (AvgIpc) is 2.99. The molecule has 1 aromatic heterocycles. The standard InChI is InChI=1S/C19H25NO8S/c1-6-25-16(21)12(17(22)26-7-2)10-20-15-13(18(23)27-8-3)11(5)14(29-15)19(24)28-9-4/h10,20H,6-9H2,1-5H3. The van der Waals surface area contributed by atoms with E-state index in [4.69, 9.17) is 18.9 Å². The van der Waals surface area contributed by atoms with Crippen LogP contribution in [0.5, 0.6) is 0 Å². The molecular weight excluding hydrogens is 402 g/mol. The Kier molecular flexibility index (Phi) is 9.87. The minimum Gasteiger partial charge on any atom is -0.462 e. The van der Waals surface area contributed by atoms with Crippen LogP contribution in [-0.2, 0) is 28.5 Å². The van der Waals surface area contributed by atoms with Gasteiger partial charge in [0, 0.05) is 6.20 Å². The van der Waals surface area contributed by atoms with Gasteiger partial charge in [0.05, 0.1) is 32.0 Å². The van der Waals surface area contributed by atoms with Crippen molar-refractivity contribution in [3.8, 4) is 0 Å². The summed E-state index contributed by atoms with van der Waals surface area (Å²) in [6.45, 7) is 8.53. The smallest absolute Gasteiger partial charge is 0.348 e. The van der Waals surface area contributed by atoms with Crippen LogP contribution in [0.15, 0.2) is 11.8 Å². The fraction of sp³-hybridized carbons (Fsp3) is 0.474. The van der Waals surface area contributed by atoms with Crippen molar-refractivity contribution in [3.05, 3.63) is 27.8 Å². The van der Waals surface area contributed by atoms with Gasteiger partial charge in [-0.1, -0.05) is 0 Å². The summed E-state index contributed by atoms with van der Waals surface area (Å²) >= 11 is 0.945. The van der Waals surface area contributed by atoms with E-state index in [-0.39, 0.29) is 47.4 Å². The second-order valence-corrected chi connectivity index (χ2v) is 6.37. The highest BCUT2D eigenvalue weighted by molar-refractivity contribution is 7.18. The topological polar surface area (TPSA) is 117 Å². The third kappa shape index (κ3) is 6.31. The Morgan fingerprint density at radius 1 is 0.828 bits per heavy atom. The number of rotatable bonds is 10. The number of hydrogen-bond donors (Lipinski definition) is 1. The van der Waals surface area contributed by atoms with Gasteiger partial charge < -0.3 is 24.3 Å². The molecule has 0 aromatic carbocycles. The molecule has 0 spiro atoms. The van der Waals surface area contributed by atoms with Gasteiger partial charge in [-0.25, -0.2) is 19.2 Å². The molecule has 0 saturated heterocycles. The SMILES string of the molecule is CCOC(=O)C(=CNc1sc(C(=O)OCC)c(C)c1C(=O)OCC)C(=O)OCC. The van der Waals surface area contributed by atoms with E-state index in [1.54, 1.807) is 34.6 Å². The molecule has 0 atom stereocenters. The zero-order valence-corrected chi connectivity index (χ0v) is 17.9. The van der Waals surface area contributed by atoms with Crippen LogP contribution in [0, 0.1) is 6.92 Å². The van der Waals surface area contributed by atoms with Crippen LogP contribution in [0.3, 0.4) is 0 Å². The molecular formula is C19H25NO8S. The Morgan fingerprint density at radius 3 is 1.79 bits per heavy atom. The molecule has 1 rings (SSSR count). The Balaban J connectivity index is 3.38. The number of hydrogen-bond acceptors (Lipinski definition) is 10. The van der Waals surface area contributed by atoms with Crippen molar-refractivity contribution in [1.29, 1.82) is 0 Å². The van der Waals surface area contributed by atoms with E-state index >= 15 is 0 Å². The molecule has 10 heteroatoms. The third-order valence-corrected chi connectivity index (χ3v) is 4.63. The fourth-order valence-corrected chi connectivity index (χ4v) is 3.27. The van der Waals surface area contributed by atoms with Gasteiger partial charge >= 0.3 is 23.9 Å². The molecule has 1 N–H and O–H groups in total. The van der Waals surface area contributed by atoms with Crippen molar-refractivity contribution in [2.45, 2.75) is 34.6 Å². The first-order valence-electron chi connectivity index (χ1n) is 9.10. The number of carbonyl (C=O) groups is 4. The summed E-state index contributed by atoms with van der Waals surface area (Å²) in [7, 11) is 0. The molecule has 0 amide bonds. The number of anilines is 1. The largest absolute Gasteiger partial charge is 0.462 e. The zero-order valence-electron chi connectivity index (χ0n) is 17.1. The molecule has 0 aliphatic rings. The highest BCUT2D eigenvalue weighted by atomic mass is 32.1. The van der Waals surface area contributed by atoms with Crippen LogP contribution in [0.25, 0.3) is 0 Å². The lowest BCUT2D eigenvalue weighted by Gasteiger charge is -2.08. The monoisotopic (exact) mass is 427 g/mol. The molecule has 0 bridgehead atoms. The molecule has 29 heavy (non-hydrogen) atoms. The maximum atomic E-state index is 12.4. The summed E-state index contributed by atoms with van der Waals surface area (Å²) in [5, 5.41) is 2.95. The predicted molar refractivity (Wildman–Crippen MR) is 106 cm³/mol. The number of nitrogens with one attached hydrogen (secondary N) is 1. The van der Waals surface area contributed by atoms with Gasteiger partial charge in [0.2, 0.25) is 0 Å². The molecule has 0 fully saturated rings. The molecule has 9 nitrogen and oxygen atoms in total. The van der Waals surface area contributed by atoms with E-state index in [9.17, 15) is 19.2 Å². The molecule has 0 unspecified atom stereocenters.